The molecule has 4 rings (SSSR count). The van der Waals surface area contributed by atoms with Crippen LogP contribution in [-0.2, 0) is 17.8 Å². The molecule has 148 valence electrons. The third-order valence-corrected chi connectivity index (χ3v) is 6.39. The Morgan fingerprint density at radius 2 is 1.96 bits per heavy atom. The molecule has 0 bridgehead atoms. The SMILES string of the molecule is CC(=O)O.CC(C)c1nccc2c1c(Sc1ccc(Cl)c(Cl)c1)c1n2CCC1. The van der Waals surface area contributed by atoms with Crippen LogP contribution in [-0.4, -0.2) is 20.6 Å². The molecule has 0 unspecified atom stereocenters. The van der Waals surface area contributed by atoms with Crippen molar-refractivity contribution in [2.75, 3.05) is 0 Å². The first kappa shape index (κ1) is 21.0. The van der Waals surface area contributed by atoms with Gasteiger partial charge in [-0.3, -0.25) is 9.78 Å². The molecule has 1 aromatic carbocycles. The summed E-state index contributed by atoms with van der Waals surface area (Å²) < 4.78 is 2.46. The van der Waals surface area contributed by atoms with Gasteiger partial charge in [-0.2, -0.15) is 0 Å². The van der Waals surface area contributed by atoms with Gasteiger partial charge in [0.1, 0.15) is 0 Å². The Morgan fingerprint density at radius 1 is 1.25 bits per heavy atom. The number of hydrogen-bond donors (Lipinski definition) is 1. The highest BCUT2D eigenvalue weighted by Crippen LogP contribution is 2.44. The van der Waals surface area contributed by atoms with Gasteiger partial charge >= 0.3 is 0 Å². The van der Waals surface area contributed by atoms with Crippen LogP contribution in [0.4, 0.5) is 0 Å². The second kappa shape index (κ2) is 8.76. The van der Waals surface area contributed by atoms with Crippen molar-refractivity contribution >= 4 is 51.8 Å². The summed E-state index contributed by atoms with van der Waals surface area (Å²) in [5.41, 5.74) is 3.91. The van der Waals surface area contributed by atoms with Gasteiger partial charge in [-0.05, 0) is 43.0 Å². The third kappa shape index (κ3) is 4.32. The summed E-state index contributed by atoms with van der Waals surface area (Å²) in [5, 5.41) is 9.92. The van der Waals surface area contributed by atoms with Gasteiger partial charge in [0.2, 0.25) is 0 Å². The zero-order valence-electron chi connectivity index (χ0n) is 16.0. The first-order valence-corrected chi connectivity index (χ1v) is 10.7. The Morgan fingerprint density at radius 3 is 2.61 bits per heavy atom. The van der Waals surface area contributed by atoms with Crippen LogP contribution in [0.5, 0.6) is 0 Å². The standard InChI is InChI=1S/C19H18Cl2N2S.C2H4O2/c1-11(2)18-17-15(7-8-22-18)23-9-3-4-16(23)19(17)24-12-5-6-13(20)14(21)10-12;1-2(3)4/h5-8,10-11H,3-4,9H2,1-2H3;1H3,(H,3,4). The molecule has 3 aromatic rings. The van der Waals surface area contributed by atoms with Crippen molar-refractivity contribution in [3.05, 3.63) is 51.9 Å². The van der Waals surface area contributed by atoms with E-state index in [9.17, 15) is 0 Å². The van der Waals surface area contributed by atoms with Crippen molar-refractivity contribution in [3.63, 3.8) is 0 Å². The maximum atomic E-state index is 9.00. The first-order chi connectivity index (χ1) is 13.3. The number of aryl methyl sites for hydroxylation is 1. The zero-order valence-corrected chi connectivity index (χ0v) is 18.3. The van der Waals surface area contributed by atoms with E-state index in [2.05, 4.69) is 29.5 Å². The normalized spacial score (nSPS) is 12.8. The fourth-order valence-corrected chi connectivity index (χ4v) is 5.00. The summed E-state index contributed by atoms with van der Waals surface area (Å²) in [6.45, 7) is 6.59. The van der Waals surface area contributed by atoms with E-state index in [1.807, 2.05) is 24.4 Å². The van der Waals surface area contributed by atoms with Gasteiger partial charge in [0, 0.05) is 40.5 Å². The molecule has 0 amide bonds. The lowest BCUT2D eigenvalue weighted by Crippen LogP contribution is -1.95. The van der Waals surface area contributed by atoms with Gasteiger partial charge < -0.3 is 9.67 Å². The Hall–Kier alpha value is -1.69. The van der Waals surface area contributed by atoms with Crippen LogP contribution in [0, 0.1) is 0 Å². The minimum Gasteiger partial charge on any atom is -0.481 e. The summed E-state index contributed by atoms with van der Waals surface area (Å²) in [7, 11) is 0. The molecule has 1 N–H and O–H groups in total. The Kier molecular flexibility index (Phi) is 6.58. The predicted molar refractivity (Wildman–Crippen MR) is 116 cm³/mol. The average molecular weight is 437 g/mol. The number of aliphatic carboxylic acids is 1. The van der Waals surface area contributed by atoms with Crippen LogP contribution in [0.1, 0.15) is 44.5 Å². The van der Waals surface area contributed by atoms with E-state index in [0.717, 1.165) is 24.8 Å². The Labute approximate surface area is 178 Å². The highest BCUT2D eigenvalue weighted by atomic mass is 35.5. The second-order valence-corrected chi connectivity index (χ2v) is 8.87. The number of carbonyl (C=O) groups is 1. The largest absolute Gasteiger partial charge is 0.481 e. The van der Waals surface area contributed by atoms with Crippen molar-refractivity contribution in [1.82, 2.24) is 9.55 Å². The van der Waals surface area contributed by atoms with Crippen LogP contribution < -0.4 is 0 Å². The molecule has 2 aromatic heterocycles. The quantitative estimate of drug-likeness (QED) is 0.498. The lowest BCUT2D eigenvalue weighted by Gasteiger charge is -2.10. The molecular weight excluding hydrogens is 415 g/mol. The molecule has 28 heavy (non-hydrogen) atoms. The topological polar surface area (TPSA) is 55.1 Å². The summed E-state index contributed by atoms with van der Waals surface area (Å²) in [6, 6.07) is 8.00. The summed E-state index contributed by atoms with van der Waals surface area (Å²) in [5.74, 6) is -0.440. The monoisotopic (exact) mass is 436 g/mol. The molecule has 3 heterocycles. The fraction of sp³-hybridized carbons (Fsp3) is 0.333. The molecule has 0 radical (unpaired) electrons. The summed E-state index contributed by atoms with van der Waals surface area (Å²) >= 11 is 14.1. The molecule has 0 saturated heterocycles. The molecule has 0 saturated carbocycles. The van der Waals surface area contributed by atoms with Crippen molar-refractivity contribution in [2.24, 2.45) is 0 Å². The number of hydrogen-bond acceptors (Lipinski definition) is 3. The third-order valence-electron chi connectivity index (χ3n) is 4.52. The molecule has 0 aliphatic carbocycles. The smallest absolute Gasteiger partial charge is 0.300 e. The maximum Gasteiger partial charge on any atom is 0.300 e. The molecule has 1 aliphatic rings. The van der Waals surface area contributed by atoms with E-state index in [1.54, 1.807) is 11.8 Å². The molecule has 0 spiro atoms. The van der Waals surface area contributed by atoms with Crippen LogP contribution in [0.3, 0.4) is 0 Å². The van der Waals surface area contributed by atoms with E-state index in [-0.39, 0.29) is 0 Å². The highest BCUT2D eigenvalue weighted by Gasteiger charge is 2.25. The fourth-order valence-electron chi connectivity index (χ4n) is 3.45. The number of fused-ring (bicyclic) bond motifs is 3. The average Bonchev–Trinajstić information content (AvgIpc) is 3.20. The van der Waals surface area contributed by atoms with Crippen LogP contribution in [0.25, 0.3) is 10.9 Å². The van der Waals surface area contributed by atoms with E-state index in [1.165, 1.54) is 33.6 Å². The second-order valence-electron chi connectivity index (χ2n) is 6.97. The van der Waals surface area contributed by atoms with Crippen molar-refractivity contribution in [1.29, 1.82) is 0 Å². The molecule has 1 aliphatic heterocycles. The van der Waals surface area contributed by atoms with Gasteiger partial charge in [-0.25, -0.2) is 0 Å². The van der Waals surface area contributed by atoms with E-state index in [4.69, 9.17) is 33.1 Å². The van der Waals surface area contributed by atoms with E-state index >= 15 is 0 Å². The number of aromatic nitrogens is 2. The number of rotatable bonds is 3. The lowest BCUT2D eigenvalue weighted by molar-refractivity contribution is -0.134. The summed E-state index contributed by atoms with van der Waals surface area (Å²) in [4.78, 5) is 16.1. The highest BCUT2D eigenvalue weighted by molar-refractivity contribution is 7.99. The van der Waals surface area contributed by atoms with E-state index < -0.39 is 5.97 Å². The molecule has 7 heteroatoms. The van der Waals surface area contributed by atoms with E-state index in [0.29, 0.717) is 16.0 Å². The van der Waals surface area contributed by atoms with Gasteiger partial charge in [-0.15, -0.1) is 0 Å². The predicted octanol–water partition coefficient (Wildman–Crippen LogP) is 6.65. The first-order valence-electron chi connectivity index (χ1n) is 9.12. The van der Waals surface area contributed by atoms with Gasteiger partial charge in [-0.1, -0.05) is 48.8 Å². The Bertz CT molecular complexity index is 1030. The number of nitrogens with zero attached hydrogens (tertiary/aromatic N) is 2. The number of halogens is 2. The number of carboxylic acid groups (broad SMARTS) is 1. The summed E-state index contributed by atoms with van der Waals surface area (Å²) in [6.07, 6.45) is 4.27. The van der Waals surface area contributed by atoms with Gasteiger partial charge in [0.15, 0.2) is 0 Å². The van der Waals surface area contributed by atoms with Crippen LogP contribution in [0.15, 0.2) is 40.3 Å². The maximum absolute atomic E-state index is 9.00. The van der Waals surface area contributed by atoms with Crippen LogP contribution >= 0.6 is 35.0 Å². The molecule has 0 atom stereocenters. The number of carboxylic acids is 1. The number of pyridine rings is 1. The zero-order chi connectivity index (χ0) is 20.4. The molecule has 4 nitrogen and oxygen atoms in total. The minimum atomic E-state index is -0.833. The minimum absolute atomic E-state index is 0.394. The number of benzene rings is 1. The van der Waals surface area contributed by atoms with Crippen molar-refractivity contribution in [3.8, 4) is 0 Å². The molecule has 0 fully saturated rings. The van der Waals surface area contributed by atoms with Crippen molar-refractivity contribution < 1.29 is 9.90 Å². The van der Waals surface area contributed by atoms with Gasteiger partial charge in [0.25, 0.3) is 5.97 Å². The lowest BCUT2D eigenvalue weighted by atomic mass is 10.1. The molecular formula is C21H22Cl2N2O2S. The Balaban J connectivity index is 0.000000516. The van der Waals surface area contributed by atoms with Crippen LogP contribution in [0.2, 0.25) is 10.0 Å². The van der Waals surface area contributed by atoms with Crippen molar-refractivity contribution in [2.45, 2.75) is 55.9 Å². The van der Waals surface area contributed by atoms with Gasteiger partial charge in [0.05, 0.1) is 21.3 Å².